The van der Waals surface area contributed by atoms with Crippen molar-refractivity contribution in [3.8, 4) is 0 Å². The topological polar surface area (TPSA) is 23.6 Å². The van der Waals surface area contributed by atoms with Crippen LogP contribution in [0, 0.1) is 0 Å². The number of benzene rings is 1. The zero-order chi connectivity index (χ0) is 14.1. The molecule has 0 saturated carbocycles. The molecule has 0 atom stereocenters. The van der Waals surface area contributed by atoms with Crippen LogP contribution in [-0.4, -0.2) is 33.1 Å². The van der Waals surface area contributed by atoms with Gasteiger partial charge < -0.3 is 4.90 Å². The Morgan fingerprint density at radius 2 is 2.10 bits per heavy atom. The second-order valence-electron chi connectivity index (χ2n) is 4.90. The number of nitrogens with zero attached hydrogens (tertiary/aromatic N) is 2. The third kappa shape index (κ3) is 2.47. The fourth-order valence-electron chi connectivity index (χ4n) is 2.56. The fourth-order valence-corrected chi connectivity index (χ4v) is 3.95. The zero-order valence-corrected chi connectivity index (χ0v) is 13.0. The first-order valence-electron chi connectivity index (χ1n) is 6.75. The predicted octanol–water partition coefficient (Wildman–Crippen LogP) is 2.77. The first kappa shape index (κ1) is 13.6. The van der Waals surface area contributed by atoms with E-state index in [0.29, 0.717) is 10.9 Å². The number of fused-ring (bicyclic) bond motifs is 1. The van der Waals surface area contributed by atoms with Crippen molar-refractivity contribution in [2.24, 2.45) is 0 Å². The van der Waals surface area contributed by atoms with E-state index in [4.69, 9.17) is 12.2 Å². The minimum Gasteiger partial charge on any atom is -0.372 e. The van der Waals surface area contributed by atoms with Crippen molar-refractivity contribution in [2.75, 3.05) is 13.1 Å². The molecular formula is C15H16N2OS2. The summed E-state index contributed by atoms with van der Waals surface area (Å²) in [7, 11) is 0. The Balaban J connectivity index is 1.78. The van der Waals surface area contributed by atoms with Crippen LogP contribution >= 0.6 is 24.0 Å². The molecule has 104 valence electrons. The van der Waals surface area contributed by atoms with Gasteiger partial charge in [0.05, 0.1) is 4.91 Å². The summed E-state index contributed by atoms with van der Waals surface area (Å²) in [5, 5.41) is 0. The van der Waals surface area contributed by atoms with Crippen molar-refractivity contribution in [2.45, 2.75) is 19.9 Å². The van der Waals surface area contributed by atoms with Gasteiger partial charge >= 0.3 is 0 Å². The van der Waals surface area contributed by atoms with E-state index in [2.05, 4.69) is 29.2 Å². The highest BCUT2D eigenvalue weighted by Gasteiger charge is 2.31. The molecule has 1 fully saturated rings. The van der Waals surface area contributed by atoms with Gasteiger partial charge in [-0.1, -0.05) is 48.2 Å². The number of rotatable bonds is 2. The maximum absolute atomic E-state index is 12.2. The largest absolute Gasteiger partial charge is 0.372 e. The molecule has 0 radical (unpaired) electrons. The number of carbonyl (C=O) groups is 1. The Hall–Kier alpha value is -1.33. The highest BCUT2D eigenvalue weighted by molar-refractivity contribution is 8.26. The van der Waals surface area contributed by atoms with Crippen molar-refractivity contribution in [1.29, 1.82) is 0 Å². The molecule has 2 aliphatic rings. The average molecular weight is 304 g/mol. The number of amides is 1. The van der Waals surface area contributed by atoms with Crippen molar-refractivity contribution < 1.29 is 4.79 Å². The molecule has 0 bridgehead atoms. The Bertz CT molecular complexity index is 597. The van der Waals surface area contributed by atoms with Crippen molar-refractivity contribution >= 4 is 34.2 Å². The summed E-state index contributed by atoms with van der Waals surface area (Å²) in [5.74, 6) is 0.0429. The predicted molar refractivity (Wildman–Crippen MR) is 86.2 cm³/mol. The Morgan fingerprint density at radius 3 is 2.80 bits per heavy atom. The molecule has 3 nitrogen and oxygen atoms in total. The standard InChI is InChI=1S/C15H16N2OS2/c1-2-17-14(18)13(20-15(17)19)10-16-8-7-11-5-3-4-6-12(11)9-16/h3-6,10H,2,7-9H2,1H3/b13-10-. The third-order valence-corrected chi connectivity index (χ3v) is 5.02. The summed E-state index contributed by atoms with van der Waals surface area (Å²) in [6.07, 6.45) is 3.01. The van der Waals surface area contributed by atoms with Crippen LogP contribution in [0.3, 0.4) is 0 Å². The van der Waals surface area contributed by atoms with E-state index in [9.17, 15) is 4.79 Å². The molecule has 1 amide bonds. The molecular weight excluding hydrogens is 288 g/mol. The Labute approximate surface area is 128 Å². The molecule has 2 heterocycles. The van der Waals surface area contributed by atoms with Crippen LogP contribution in [0.4, 0.5) is 0 Å². The highest BCUT2D eigenvalue weighted by Crippen LogP contribution is 2.31. The monoisotopic (exact) mass is 304 g/mol. The second-order valence-corrected chi connectivity index (χ2v) is 6.58. The summed E-state index contributed by atoms with van der Waals surface area (Å²) in [5.41, 5.74) is 2.76. The van der Waals surface area contributed by atoms with Crippen molar-refractivity contribution in [3.63, 3.8) is 0 Å². The quantitative estimate of drug-likeness (QED) is 0.619. The maximum atomic E-state index is 12.2. The van der Waals surface area contributed by atoms with Gasteiger partial charge in [0, 0.05) is 25.8 Å². The molecule has 0 aliphatic carbocycles. The van der Waals surface area contributed by atoms with Crippen LogP contribution in [0.2, 0.25) is 0 Å². The van der Waals surface area contributed by atoms with Gasteiger partial charge in [0.1, 0.15) is 4.32 Å². The van der Waals surface area contributed by atoms with Crippen LogP contribution in [0.5, 0.6) is 0 Å². The lowest BCUT2D eigenvalue weighted by Crippen LogP contribution is -2.29. The number of hydrogen-bond donors (Lipinski definition) is 0. The molecule has 1 saturated heterocycles. The van der Waals surface area contributed by atoms with Gasteiger partial charge in [0.2, 0.25) is 0 Å². The lowest BCUT2D eigenvalue weighted by Gasteiger charge is -2.27. The summed E-state index contributed by atoms with van der Waals surface area (Å²) >= 11 is 6.64. The number of carbonyl (C=O) groups excluding carboxylic acids is 1. The number of hydrogen-bond acceptors (Lipinski definition) is 4. The normalized spacial score (nSPS) is 20.8. The average Bonchev–Trinajstić information content (AvgIpc) is 2.73. The van der Waals surface area contributed by atoms with Gasteiger partial charge in [0.25, 0.3) is 5.91 Å². The molecule has 0 spiro atoms. The molecule has 1 aromatic rings. The first-order valence-corrected chi connectivity index (χ1v) is 7.98. The molecule has 3 rings (SSSR count). The minimum atomic E-state index is 0.0429. The molecule has 0 aromatic heterocycles. The van der Waals surface area contributed by atoms with Gasteiger partial charge in [0.15, 0.2) is 0 Å². The number of thioether (sulfide) groups is 1. The van der Waals surface area contributed by atoms with Crippen LogP contribution < -0.4 is 0 Å². The van der Waals surface area contributed by atoms with Gasteiger partial charge in [-0.05, 0) is 24.5 Å². The summed E-state index contributed by atoms with van der Waals surface area (Å²) in [6.45, 7) is 4.41. The van der Waals surface area contributed by atoms with E-state index in [-0.39, 0.29) is 5.91 Å². The molecule has 5 heteroatoms. The maximum Gasteiger partial charge on any atom is 0.267 e. The van der Waals surface area contributed by atoms with Crippen molar-refractivity contribution in [1.82, 2.24) is 9.80 Å². The van der Waals surface area contributed by atoms with Crippen LogP contribution in [0.1, 0.15) is 18.1 Å². The van der Waals surface area contributed by atoms with E-state index in [0.717, 1.165) is 24.4 Å². The lowest BCUT2D eigenvalue weighted by atomic mass is 10.0. The molecule has 0 N–H and O–H groups in total. The Kier molecular flexibility index (Phi) is 3.81. The van der Waals surface area contributed by atoms with Gasteiger partial charge in [-0.3, -0.25) is 9.69 Å². The number of likely N-dealkylation sites (N-methyl/N-ethyl adjacent to an activating group) is 1. The third-order valence-electron chi connectivity index (χ3n) is 3.65. The minimum absolute atomic E-state index is 0.0429. The van der Waals surface area contributed by atoms with E-state index in [1.54, 1.807) is 4.90 Å². The van der Waals surface area contributed by atoms with Crippen LogP contribution in [-0.2, 0) is 17.8 Å². The Morgan fingerprint density at radius 1 is 1.35 bits per heavy atom. The number of thiocarbonyl (C=S) groups is 1. The molecule has 2 aliphatic heterocycles. The van der Waals surface area contributed by atoms with Gasteiger partial charge in [-0.15, -0.1) is 0 Å². The molecule has 20 heavy (non-hydrogen) atoms. The van der Waals surface area contributed by atoms with Crippen LogP contribution in [0.25, 0.3) is 0 Å². The first-order chi connectivity index (χ1) is 9.69. The lowest BCUT2D eigenvalue weighted by molar-refractivity contribution is -0.122. The summed E-state index contributed by atoms with van der Waals surface area (Å²) in [4.78, 5) is 16.8. The van der Waals surface area contributed by atoms with Crippen LogP contribution in [0.15, 0.2) is 35.4 Å². The van der Waals surface area contributed by atoms with E-state index in [1.165, 1.54) is 22.9 Å². The smallest absolute Gasteiger partial charge is 0.267 e. The SMILES string of the molecule is CCN1C(=O)/C(=C/N2CCc3ccccc3C2)SC1=S. The van der Waals surface area contributed by atoms with Crippen molar-refractivity contribution in [3.05, 3.63) is 46.5 Å². The van der Waals surface area contributed by atoms with E-state index < -0.39 is 0 Å². The summed E-state index contributed by atoms with van der Waals surface area (Å²) in [6, 6.07) is 8.50. The van der Waals surface area contributed by atoms with Gasteiger partial charge in [-0.25, -0.2) is 0 Å². The van der Waals surface area contributed by atoms with Gasteiger partial charge in [-0.2, -0.15) is 0 Å². The second kappa shape index (κ2) is 5.58. The fraction of sp³-hybridized carbons (Fsp3) is 0.333. The molecule has 0 unspecified atom stereocenters. The highest BCUT2D eigenvalue weighted by atomic mass is 32.2. The summed E-state index contributed by atoms with van der Waals surface area (Å²) < 4.78 is 0.668. The zero-order valence-electron chi connectivity index (χ0n) is 11.3. The van der Waals surface area contributed by atoms with E-state index in [1.807, 2.05) is 13.1 Å². The molecule has 1 aromatic carbocycles. The van der Waals surface area contributed by atoms with E-state index >= 15 is 0 Å².